The zero-order valence-electron chi connectivity index (χ0n) is 22.0. The lowest BCUT2D eigenvalue weighted by Crippen LogP contribution is -2.45. The topological polar surface area (TPSA) is 78.3 Å². The number of piperazine rings is 1. The van der Waals surface area contributed by atoms with Crippen molar-refractivity contribution < 1.29 is 13.9 Å². The maximum absolute atomic E-state index is 12.6. The Bertz CT molecular complexity index is 1410. The van der Waals surface area contributed by atoms with Crippen LogP contribution in [0.1, 0.15) is 6.42 Å². The van der Waals surface area contributed by atoms with E-state index in [0.29, 0.717) is 44.4 Å². The molecule has 0 radical (unpaired) electrons. The fraction of sp³-hybridized carbons (Fsp3) is 0.379. The van der Waals surface area contributed by atoms with Crippen LogP contribution >= 0.6 is 23.5 Å². The largest absolute Gasteiger partial charge is 0.440 e. The highest BCUT2D eigenvalue weighted by Gasteiger charge is 2.21. The van der Waals surface area contributed by atoms with Crippen LogP contribution in [-0.2, 0) is 9.53 Å². The molecule has 0 atom stereocenters. The molecule has 3 aromatic rings. The molecule has 2 fully saturated rings. The van der Waals surface area contributed by atoms with Crippen LogP contribution in [0.3, 0.4) is 0 Å². The van der Waals surface area contributed by atoms with E-state index in [1.165, 1.54) is 0 Å². The van der Waals surface area contributed by atoms with Crippen molar-refractivity contribution in [2.24, 2.45) is 0 Å². The second kappa shape index (κ2) is 11.8. The van der Waals surface area contributed by atoms with Gasteiger partial charge < -0.3 is 29.2 Å². The van der Waals surface area contributed by atoms with Crippen molar-refractivity contribution in [2.75, 3.05) is 76.3 Å². The third-order valence-electron chi connectivity index (χ3n) is 7.22. The average Bonchev–Trinajstić information content (AvgIpc) is 2.95. The number of anilines is 2. The van der Waals surface area contributed by atoms with E-state index in [1.54, 1.807) is 35.7 Å². The van der Waals surface area contributed by atoms with Crippen LogP contribution in [0.2, 0.25) is 0 Å². The summed E-state index contributed by atoms with van der Waals surface area (Å²) in [5, 5.41) is 3.08. The molecule has 0 saturated carbocycles. The SMILES string of the molecule is CN1CCN(CCC(=O)Nc2ccc3c(c2)Sc2ccc(-c4cc(=O)cc(N5CCOCC5)o4)cc2S3)CC1. The summed E-state index contributed by atoms with van der Waals surface area (Å²) in [5.41, 5.74) is 1.63. The van der Waals surface area contributed by atoms with Crippen molar-refractivity contribution >= 4 is 41.0 Å². The normalized spacial score (nSPS) is 17.9. The third kappa shape index (κ3) is 6.36. The first-order chi connectivity index (χ1) is 19.0. The second-order valence-corrected chi connectivity index (χ2v) is 12.2. The standard InChI is InChI=1S/C29H32N4O4S2/c1-31-8-10-32(11-9-31)7-6-28(35)30-21-3-5-25-27(17-21)39-24-4-2-20(16-26(24)38-25)23-18-22(34)19-29(37-23)33-12-14-36-15-13-33/h2-5,16-19H,6-15H2,1H3,(H,30,35). The van der Waals surface area contributed by atoms with Gasteiger partial charge in [-0.15, -0.1) is 0 Å². The van der Waals surface area contributed by atoms with Gasteiger partial charge in [-0.2, -0.15) is 0 Å². The van der Waals surface area contributed by atoms with Crippen LogP contribution in [-0.4, -0.2) is 81.8 Å². The van der Waals surface area contributed by atoms with Gasteiger partial charge in [-0.05, 0) is 37.4 Å². The molecule has 0 unspecified atom stereocenters. The summed E-state index contributed by atoms with van der Waals surface area (Å²) in [4.78, 5) is 36.3. The Kier molecular flexibility index (Phi) is 7.99. The monoisotopic (exact) mass is 564 g/mol. The molecule has 0 spiro atoms. The van der Waals surface area contributed by atoms with Gasteiger partial charge in [0, 0.05) is 95.2 Å². The Morgan fingerprint density at radius 3 is 2.36 bits per heavy atom. The number of carbonyl (C=O) groups excluding carboxylic acids is 1. The van der Waals surface area contributed by atoms with E-state index in [-0.39, 0.29) is 11.3 Å². The van der Waals surface area contributed by atoms with Crippen molar-refractivity contribution in [2.45, 2.75) is 26.0 Å². The highest BCUT2D eigenvalue weighted by molar-refractivity contribution is 8.05. The number of likely N-dealkylation sites (N-methyl/N-ethyl adjacent to an activating group) is 1. The van der Waals surface area contributed by atoms with Crippen molar-refractivity contribution in [3.8, 4) is 11.3 Å². The number of rotatable bonds is 6. The van der Waals surface area contributed by atoms with Gasteiger partial charge in [0.25, 0.3) is 0 Å². The Labute approximate surface area is 236 Å². The number of nitrogens with zero attached hydrogens (tertiary/aromatic N) is 3. The van der Waals surface area contributed by atoms with Crippen molar-refractivity contribution in [1.82, 2.24) is 9.80 Å². The van der Waals surface area contributed by atoms with Crippen LogP contribution in [0, 0.1) is 0 Å². The number of morpholine rings is 1. The zero-order valence-corrected chi connectivity index (χ0v) is 23.6. The third-order valence-corrected chi connectivity index (χ3v) is 9.75. The van der Waals surface area contributed by atoms with Gasteiger partial charge in [0.15, 0.2) is 11.3 Å². The van der Waals surface area contributed by atoms with Gasteiger partial charge in [-0.25, -0.2) is 0 Å². The minimum Gasteiger partial charge on any atom is -0.440 e. The lowest BCUT2D eigenvalue weighted by molar-refractivity contribution is -0.116. The Morgan fingerprint density at radius 1 is 0.872 bits per heavy atom. The van der Waals surface area contributed by atoms with Gasteiger partial charge in [-0.1, -0.05) is 29.6 Å². The van der Waals surface area contributed by atoms with Gasteiger partial charge in [0.1, 0.15) is 5.76 Å². The number of nitrogens with one attached hydrogen (secondary N) is 1. The molecule has 6 rings (SSSR count). The molecule has 3 aliphatic heterocycles. The van der Waals surface area contributed by atoms with Gasteiger partial charge in [-0.3, -0.25) is 9.59 Å². The molecule has 1 amide bonds. The van der Waals surface area contributed by atoms with Crippen LogP contribution < -0.4 is 15.6 Å². The smallest absolute Gasteiger partial charge is 0.225 e. The first kappa shape index (κ1) is 26.5. The summed E-state index contributed by atoms with van der Waals surface area (Å²) >= 11 is 3.39. The summed E-state index contributed by atoms with van der Waals surface area (Å²) in [6, 6.07) is 15.4. The van der Waals surface area contributed by atoms with Gasteiger partial charge in [0.2, 0.25) is 5.91 Å². The number of hydrogen-bond donors (Lipinski definition) is 1. The first-order valence-electron chi connectivity index (χ1n) is 13.3. The van der Waals surface area contributed by atoms with E-state index in [0.717, 1.165) is 63.6 Å². The molecule has 1 N–H and O–H groups in total. The summed E-state index contributed by atoms with van der Waals surface area (Å²) in [6.07, 6.45) is 0.497. The molecule has 3 aliphatic rings. The Morgan fingerprint density at radius 2 is 1.59 bits per heavy atom. The molecule has 10 heteroatoms. The summed E-state index contributed by atoms with van der Waals surface area (Å²) < 4.78 is 11.6. The van der Waals surface area contributed by atoms with E-state index < -0.39 is 0 Å². The quantitative estimate of drug-likeness (QED) is 0.368. The van der Waals surface area contributed by atoms with E-state index in [1.807, 2.05) is 12.1 Å². The highest BCUT2D eigenvalue weighted by Crippen LogP contribution is 2.50. The van der Waals surface area contributed by atoms with E-state index in [4.69, 9.17) is 9.15 Å². The predicted molar refractivity (Wildman–Crippen MR) is 155 cm³/mol. The maximum atomic E-state index is 12.6. The molecular formula is C29H32N4O4S2. The number of fused-ring (bicyclic) bond motifs is 2. The van der Waals surface area contributed by atoms with Crippen molar-refractivity contribution in [3.63, 3.8) is 0 Å². The highest BCUT2D eigenvalue weighted by atomic mass is 32.2. The van der Waals surface area contributed by atoms with Crippen molar-refractivity contribution in [3.05, 3.63) is 58.8 Å². The Hall–Kier alpha value is -2.76. The molecule has 4 heterocycles. The maximum Gasteiger partial charge on any atom is 0.225 e. The molecule has 1 aromatic heterocycles. The fourth-order valence-corrected chi connectivity index (χ4v) is 7.19. The lowest BCUT2D eigenvalue weighted by atomic mass is 10.1. The summed E-state index contributed by atoms with van der Waals surface area (Å²) in [5.74, 6) is 1.20. The molecule has 2 saturated heterocycles. The molecule has 0 aliphatic carbocycles. The molecule has 39 heavy (non-hydrogen) atoms. The first-order valence-corrected chi connectivity index (χ1v) is 15.0. The number of ether oxygens (including phenoxy) is 1. The second-order valence-electron chi connectivity index (χ2n) is 10.1. The number of amides is 1. The number of carbonyl (C=O) groups is 1. The molecule has 0 bridgehead atoms. The van der Waals surface area contributed by atoms with Gasteiger partial charge >= 0.3 is 0 Å². The van der Waals surface area contributed by atoms with Crippen LogP contribution in [0.5, 0.6) is 0 Å². The van der Waals surface area contributed by atoms with Crippen molar-refractivity contribution in [1.29, 1.82) is 0 Å². The molecule has 2 aromatic carbocycles. The van der Waals surface area contributed by atoms with E-state index in [2.05, 4.69) is 51.3 Å². The van der Waals surface area contributed by atoms with E-state index >= 15 is 0 Å². The van der Waals surface area contributed by atoms with Crippen LogP contribution in [0.15, 0.2) is 77.3 Å². The number of benzene rings is 2. The summed E-state index contributed by atoms with van der Waals surface area (Å²) in [7, 11) is 2.14. The average molecular weight is 565 g/mol. The fourth-order valence-electron chi connectivity index (χ4n) is 4.91. The molecule has 8 nitrogen and oxygen atoms in total. The lowest BCUT2D eigenvalue weighted by Gasteiger charge is -2.32. The van der Waals surface area contributed by atoms with Gasteiger partial charge in [0.05, 0.1) is 13.2 Å². The number of hydrogen-bond acceptors (Lipinski definition) is 9. The Balaban J connectivity index is 1.12. The van der Waals surface area contributed by atoms with Crippen LogP contribution in [0.4, 0.5) is 11.6 Å². The molecular weight excluding hydrogens is 532 g/mol. The molecule has 204 valence electrons. The summed E-state index contributed by atoms with van der Waals surface area (Å²) in [6.45, 7) is 7.60. The minimum atomic E-state index is -0.0686. The zero-order chi connectivity index (χ0) is 26.8. The van der Waals surface area contributed by atoms with Crippen LogP contribution in [0.25, 0.3) is 11.3 Å². The minimum absolute atomic E-state index is 0.0492. The van der Waals surface area contributed by atoms with E-state index in [9.17, 15) is 9.59 Å². The predicted octanol–water partition coefficient (Wildman–Crippen LogP) is 4.34.